The van der Waals surface area contributed by atoms with E-state index in [1.54, 1.807) is 0 Å². The van der Waals surface area contributed by atoms with E-state index in [0.717, 1.165) is 43.1 Å². The summed E-state index contributed by atoms with van der Waals surface area (Å²) in [7, 11) is 2.13. The lowest BCUT2D eigenvalue weighted by atomic mass is 10.1. The van der Waals surface area contributed by atoms with Crippen molar-refractivity contribution in [2.75, 3.05) is 39.9 Å². The number of para-hydroxylation sites is 1. The van der Waals surface area contributed by atoms with Gasteiger partial charge in [-0.05, 0) is 36.9 Å². The van der Waals surface area contributed by atoms with Crippen molar-refractivity contribution in [1.82, 2.24) is 9.80 Å². The number of ether oxygens (including phenoxy) is 2. The van der Waals surface area contributed by atoms with Crippen LogP contribution < -0.4 is 4.74 Å². The van der Waals surface area contributed by atoms with Gasteiger partial charge in [0.1, 0.15) is 12.4 Å². The number of rotatable bonds is 4. The molecule has 2 saturated heterocycles. The molecule has 2 aromatic carbocycles. The predicted molar refractivity (Wildman–Crippen MR) is 104 cm³/mol. The average Bonchev–Trinajstić information content (AvgIpc) is 2.95. The molecule has 0 saturated carbocycles. The first-order valence-electron chi connectivity index (χ1n) is 9.53. The lowest BCUT2D eigenvalue weighted by molar-refractivity contribution is 0.0433. The van der Waals surface area contributed by atoms with Gasteiger partial charge in [-0.3, -0.25) is 9.69 Å². The third-order valence-corrected chi connectivity index (χ3v) is 5.38. The van der Waals surface area contributed by atoms with Crippen LogP contribution >= 0.6 is 0 Å². The summed E-state index contributed by atoms with van der Waals surface area (Å²) >= 11 is 0. The van der Waals surface area contributed by atoms with Gasteiger partial charge in [-0.1, -0.05) is 30.3 Å². The Balaban J connectivity index is 1.40. The third kappa shape index (κ3) is 4.31. The normalized spacial score (nSPS) is 22.9. The SMILES string of the molecule is CN1C[C@H]2COC[C@@H]1CN(C(=O)c1ccc(COc3ccccc3)cc1)C2. The molecular weight excluding hydrogens is 340 g/mol. The molecule has 2 fully saturated rings. The molecule has 0 N–H and O–H groups in total. The van der Waals surface area contributed by atoms with Crippen molar-refractivity contribution in [2.45, 2.75) is 12.6 Å². The maximum absolute atomic E-state index is 13.0. The Bertz CT molecular complexity index is 763. The summed E-state index contributed by atoms with van der Waals surface area (Å²) < 4.78 is 11.5. The highest BCUT2D eigenvalue weighted by molar-refractivity contribution is 5.94. The van der Waals surface area contributed by atoms with Gasteiger partial charge in [-0.25, -0.2) is 0 Å². The molecule has 5 nitrogen and oxygen atoms in total. The number of benzene rings is 2. The van der Waals surface area contributed by atoms with Gasteiger partial charge >= 0.3 is 0 Å². The van der Waals surface area contributed by atoms with Crippen LogP contribution in [0.5, 0.6) is 5.75 Å². The second kappa shape index (κ2) is 8.11. The summed E-state index contributed by atoms with van der Waals surface area (Å²) in [5.41, 5.74) is 1.79. The molecule has 2 aromatic rings. The van der Waals surface area contributed by atoms with Gasteiger partial charge in [-0.15, -0.1) is 0 Å². The van der Waals surface area contributed by atoms with Crippen LogP contribution in [0.25, 0.3) is 0 Å². The van der Waals surface area contributed by atoms with Crippen LogP contribution in [0.15, 0.2) is 54.6 Å². The first kappa shape index (κ1) is 18.0. The molecule has 27 heavy (non-hydrogen) atoms. The van der Waals surface area contributed by atoms with E-state index in [0.29, 0.717) is 19.1 Å². The van der Waals surface area contributed by atoms with Gasteiger partial charge in [-0.2, -0.15) is 0 Å². The van der Waals surface area contributed by atoms with E-state index in [4.69, 9.17) is 9.47 Å². The van der Waals surface area contributed by atoms with Crippen molar-refractivity contribution in [3.8, 4) is 5.75 Å². The fourth-order valence-electron chi connectivity index (χ4n) is 3.83. The highest BCUT2D eigenvalue weighted by atomic mass is 16.5. The Hall–Kier alpha value is -2.37. The number of likely N-dealkylation sites (N-methyl/N-ethyl adjacent to an activating group) is 1. The molecule has 0 aromatic heterocycles. The Kier molecular flexibility index (Phi) is 5.41. The number of hydrogen-bond donors (Lipinski definition) is 0. The average molecular weight is 366 g/mol. The Morgan fingerprint density at radius 1 is 1.04 bits per heavy atom. The van der Waals surface area contributed by atoms with Crippen molar-refractivity contribution in [3.05, 3.63) is 65.7 Å². The molecule has 1 amide bonds. The van der Waals surface area contributed by atoms with Crippen molar-refractivity contribution < 1.29 is 14.3 Å². The smallest absolute Gasteiger partial charge is 0.253 e. The van der Waals surface area contributed by atoms with E-state index in [1.165, 1.54) is 0 Å². The van der Waals surface area contributed by atoms with Crippen LogP contribution in [-0.4, -0.2) is 61.6 Å². The molecule has 2 atom stereocenters. The van der Waals surface area contributed by atoms with E-state index in [1.807, 2.05) is 59.5 Å². The molecule has 142 valence electrons. The summed E-state index contributed by atoms with van der Waals surface area (Å²) in [4.78, 5) is 17.3. The summed E-state index contributed by atoms with van der Waals surface area (Å²) in [5.74, 6) is 1.34. The third-order valence-electron chi connectivity index (χ3n) is 5.38. The summed E-state index contributed by atoms with van der Waals surface area (Å²) in [6.07, 6.45) is 0. The lowest BCUT2D eigenvalue weighted by Gasteiger charge is -2.29. The molecule has 0 radical (unpaired) electrons. The molecule has 2 aliphatic heterocycles. The highest BCUT2D eigenvalue weighted by Gasteiger charge is 2.33. The fourth-order valence-corrected chi connectivity index (χ4v) is 3.83. The Labute approximate surface area is 160 Å². The summed E-state index contributed by atoms with van der Waals surface area (Å²) in [6.45, 7) is 4.41. The van der Waals surface area contributed by atoms with Crippen molar-refractivity contribution >= 4 is 5.91 Å². The van der Waals surface area contributed by atoms with E-state index >= 15 is 0 Å². The highest BCUT2D eigenvalue weighted by Crippen LogP contribution is 2.20. The Morgan fingerprint density at radius 3 is 2.59 bits per heavy atom. The van der Waals surface area contributed by atoms with Gasteiger partial charge in [0.05, 0.1) is 19.3 Å². The predicted octanol–water partition coefficient (Wildman–Crippen LogP) is 2.67. The zero-order valence-electron chi connectivity index (χ0n) is 15.7. The minimum absolute atomic E-state index is 0.109. The monoisotopic (exact) mass is 366 g/mol. The van der Waals surface area contributed by atoms with Crippen molar-refractivity contribution in [1.29, 1.82) is 0 Å². The molecule has 2 heterocycles. The van der Waals surface area contributed by atoms with Gasteiger partial charge in [0.2, 0.25) is 0 Å². The fraction of sp³-hybridized carbons (Fsp3) is 0.409. The van der Waals surface area contributed by atoms with Gasteiger partial charge in [0.15, 0.2) is 0 Å². The molecule has 0 aliphatic carbocycles. The number of hydrogen-bond acceptors (Lipinski definition) is 4. The van der Waals surface area contributed by atoms with E-state index in [9.17, 15) is 4.79 Å². The topological polar surface area (TPSA) is 42.0 Å². The standard InChI is InChI=1S/C22H26N2O3/c1-23-11-18-12-24(13-20(23)16-26-14-18)22(25)19-9-7-17(8-10-19)15-27-21-5-3-2-4-6-21/h2-10,18,20H,11-16H2,1H3/t18-,20+/m1/s1. The first-order chi connectivity index (χ1) is 13.2. The summed E-state index contributed by atoms with van der Waals surface area (Å²) in [5, 5.41) is 0. The van der Waals surface area contributed by atoms with Gasteiger partial charge in [0, 0.05) is 31.1 Å². The van der Waals surface area contributed by atoms with Crippen LogP contribution in [0.1, 0.15) is 15.9 Å². The minimum atomic E-state index is 0.109. The molecule has 2 aliphatic rings. The molecule has 4 rings (SSSR count). The number of fused-ring (bicyclic) bond motifs is 3. The van der Waals surface area contributed by atoms with Crippen LogP contribution in [0, 0.1) is 5.92 Å². The second-order valence-electron chi connectivity index (χ2n) is 7.51. The van der Waals surface area contributed by atoms with E-state index in [-0.39, 0.29) is 11.9 Å². The van der Waals surface area contributed by atoms with Crippen LogP contribution in [-0.2, 0) is 11.3 Å². The van der Waals surface area contributed by atoms with Crippen LogP contribution in [0.4, 0.5) is 0 Å². The second-order valence-corrected chi connectivity index (χ2v) is 7.51. The number of amides is 1. The molecule has 0 unspecified atom stereocenters. The lowest BCUT2D eigenvalue weighted by Crippen LogP contribution is -2.44. The van der Waals surface area contributed by atoms with Crippen LogP contribution in [0.3, 0.4) is 0 Å². The van der Waals surface area contributed by atoms with Gasteiger partial charge in [0.25, 0.3) is 5.91 Å². The molecular formula is C22H26N2O3. The van der Waals surface area contributed by atoms with E-state index < -0.39 is 0 Å². The van der Waals surface area contributed by atoms with Gasteiger partial charge < -0.3 is 14.4 Å². The van der Waals surface area contributed by atoms with E-state index in [2.05, 4.69) is 11.9 Å². The quantitative estimate of drug-likeness (QED) is 0.834. The zero-order valence-corrected chi connectivity index (χ0v) is 15.7. The first-order valence-corrected chi connectivity index (χ1v) is 9.53. The largest absolute Gasteiger partial charge is 0.489 e. The molecule has 0 spiro atoms. The minimum Gasteiger partial charge on any atom is -0.489 e. The van der Waals surface area contributed by atoms with Crippen LogP contribution in [0.2, 0.25) is 0 Å². The van der Waals surface area contributed by atoms with Crippen molar-refractivity contribution in [2.24, 2.45) is 5.92 Å². The number of carbonyl (C=O) groups excluding carboxylic acids is 1. The van der Waals surface area contributed by atoms with Crippen molar-refractivity contribution in [3.63, 3.8) is 0 Å². The Morgan fingerprint density at radius 2 is 1.81 bits per heavy atom. The maximum atomic E-state index is 13.0. The summed E-state index contributed by atoms with van der Waals surface area (Å²) in [6, 6.07) is 17.8. The molecule has 5 heteroatoms. The molecule has 2 bridgehead atoms. The number of nitrogens with zero attached hydrogens (tertiary/aromatic N) is 2. The zero-order chi connectivity index (χ0) is 18.6. The maximum Gasteiger partial charge on any atom is 0.253 e. The number of carbonyl (C=O) groups is 1.